The molecule has 1 fully saturated rings. The van der Waals surface area contributed by atoms with Crippen molar-refractivity contribution in [1.29, 1.82) is 0 Å². The number of carbonyl (C=O) groups is 2. The molecular weight excluding hydrogens is 264 g/mol. The maximum atomic E-state index is 12.8. The molecule has 4 heteroatoms. The average molecular weight is 282 g/mol. The smallest absolute Gasteiger partial charge is 0.192 e. The number of fused-ring (bicyclic) bond motifs is 1. The van der Waals surface area contributed by atoms with Gasteiger partial charge in [0.25, 0.3) is 0 Å². The van der Waals surface area contributed by atoms with Crippen molar-refractivity contribution in [3.05, 3.63) is 36.3 Å². The van der Waals surface area contributed by atoms with Gasteiger partial charge in [0.05, 0.1) is 11.4 Å². The minimum atomic E-state index is -0.563. The van der Waals surface area contributed by atoms with Gasteiger partial charge in [-0.1, -0.05) is 38.5 Å². The summed E-state index contributed by atoms with van der Waals surface area (Å²) >= 11 is 0. The molecule has 3 rings (SSSR count). The van der Waals surface area contributed by atoms with Crippen LogP contribution >= 0.6 is 0 Å². The molecule has 1 unspecified atom stereocenters. The minimum Gasteiger partial charge on any atom is -0.298 e. The number of hydrogen-bond acceptors (Lipinski definition) is 4. The third kappa shape index (κ3) is 2.35. The van der Waals surface area contributed by atoms with E-state index in [9.17, 15) is 9.59 Å². The van der Waals surface area contributed by atoms with Gasteiger partial charge in [0.2, 0.25) is 0 Å². The molecule has 4 nitrogen and oxygen atoms in total. The predicted molar refractivity (Wildman–Crippen MR) is 80.0 cm³/mol. The van der Waals surface area contributed by atoms with Gasteiger partial charge in [-0.15, -0.1) is 0 Å². The molecule has 0 N–H and O–H groups in total. The first-order valence-corrected chi connectivity index (χ1v) is 7.29. The predicted octanol–water partition coefficient (Wildman–Crippen LogP) is 3.21. The number of ketones is 2. The summed E-state index contributed by atoms with van der Waals surface area (Å²) in [6, 6.07) is 7.41. The second kappa shape index (κ2) is 5.02. The Hall–Kier alpha value is -2.10. The molecule has 0 bridgehead atoms. The van der Waals surface area contributed by atoms with Crippen LogP contribution < -0.4 is 0 Å². The number of benzene rings is 1. The Bertz CT molecular complexity index is 716. The number of hydrogen-bond donors (Lipinski definition) is 0. The van der Waals surface area contributed by atoms with E-state index in [-0.39, 0.29) is 11.6 Å². The number of carbonyl (C=O) groups excluding carboxylic acids is 2. The third-order valence-electron chi connectivity index (χ3n) is 4.37. The van der Waals surface area contributed by atoms with Crippen molar-refractivity contribution >= 4 is 22.5 Å². The maximum Gasteiger partial charge on any atom is 0.192 e. The van der Waals surface area contributed by atoms with Crippen molar-refractivity contribution in [1.82, 2.24) is 9.97 Å². The zero-order valence-electron chi connectivity index (χ0n) is 12.3. The van der Waals surface area contributed by atoms with E-state index in [4.69, 9.17) is 0 Å². The van der Waals surface area contributed by atoms with Gasteiger partial charge in [-0.2, -0.15) is 0 Å². The maximum absolute atomic E-state index is 12.8. The van der Waals surface area contributed by atoms with E-state index in [1.807, 2.05) is 38.1 Å². The van der Waals surface area contributed by atoms with Crippen LogP contribution in [0, 0.1) is 11.3 Å². The zero-order valence-corrected chi connectivity index (χ0v) is 12.3. The molecule has 108 valence electrons. The topological polar surface area (TPSA) is 59.9 Å². The van der Waals surface area contributed by atoms with Gasteiger partial charge >= 0.3 is 0 Å². The lowest BCUT2D eigenvalue weighted by atomic mass is 9.69. The lowest BCUT2D eigenvalue weighted by molar-refractivity contribution is -0.132. The molecule has 1 heterocycles. The highest BCUT2D eigenvalue weighted by Crippen LogP contribution is 2.37. The highest BCUT2D eigenvalue weighted by atomic mass is 16.2. The van der Waals surface area contributed by atoms with Gasteiger partial charge in [-0.3, -0.25) is 9.59 Å². The summed E-state index contributed by atoms with van der Waals surface area (Å²) in [6.45, 7) is 3.85. The Balaban J connectivity index is 2.03. The summed E-state index contributed by atoms with van der Waals surface area (Å²) in [6.07, 6.45) is 3.77. The normalized spacial score (nSPS) is 21.4. The Morgan fingerprint density at radius 3 is 2.81 bits per heavy atom. The second-order valence-electron chi connectivity index (χ2n) is 6.30. The molecule has 1 aliphatic carbocycles. The van der Waals surface area contributed by atoms with Crippen molar-refractivity contribution in [2.24, 2.45) is 11.3 Å². The number of Topliss-reactive ketones (excluding diaryl/α,β-unsaturated/α-hetero) is 2. The van der Waals surface area contributed by atoms with E-state index >= 15 is 0 Å². The Morgan fingerprint density at radius 1 is 1.24 bits per heavy atom. The van der Waals surface area contributed by atoms with Crippen LogP contribution in [0.3, 0.4) is 0 Å². The zero-order chi connectivity index (χ0) is 15.0. The first kappa shape index (κ1) is 13.9. The summed E-state index contributed by atoms with van der Waals surface area (Å²) in [5.41, 5.74) is 0.691. The van der Waals surface area contributed by atoms with Crippen molar-refractivity contribution in [3.63, 3.8) is 0 Å². The molecule has 0 radical (unpaired) electrons. The molecule has 0 saturated heterocycles. The van der Waals surface area contributed by atoms with E-state index in [0.717, 1.165) is 23.7 Å². The molecule has 21 heavy (non-hydrogen) atoms. The van der Waals surface area contributed by atoms with Gasteiger partial charge in [0.1, 0.15) is 17.8 Å². The fourth-order valence-electron chi connectivity index (χ4n) is 3.09. The molecule has 1 aromatic carbocycles. The van der Waals surface area contributed by atoms with Crippen molar-refractivity contribution in [3.8, 4) is 0 Å². The average Bonchev–Trinajstić information content (AvgIpc) is 2.49. The van der Waals surface area contributed by atoms with Crippen LogP contribution in [0.25, 0.3) is 10.9 Å². The molecule has 1 aromatic heterocycles. The lowest BCUT2D eigenvalue weighted by Gasteiger charge is -2.32. The van der Waals surface area contributed by atoms with E-state index in [2.05, 4.69) is 9.97 Å². The summed E-state index contributed by atoms with van der Waals surface area (Å²) in [5, 5.41) is 0.723. The van der Waals surface area contributed by atoms with Gasteiger partial charge in [0.15, 0.2) is 5.78 Å². The van der Waals surface area contributed by atoms with Gasteiger partial charge in [-0.05, 0) is 18.9 Å². The van der Waals surface area contributed by atoms with Crippen LogP contribution in [0.5, 0.6) is 0 Å². The van der Waals surface area contributed by atoms with Gasteiger partial charge in [0, 0.05) is 10.8 Å². The molecular formula is C17H18N2O2. The van der Waals surface area contributed by atoms with Crippen LogP contribution in [0.15, 0.2) is 30.6 Å². The first-order valence-electron chi connectivity index (χ1n) is 7.29. The van der Waals surface area contributed by atoms with E-state index in [1.165, 1.54) is 6.33 Å². The molecule has 0 spiro atoms. The Kier molecular flexibility index (Phi) is 3.32. The molecule has 2 aromatic rings. The van der Waals surface area contributed by atoms with E-state index in [1.54, 1.807) is 0 Å². The van der Waals surface area contributed by atoms with Crippen LogP contribution in [-0.2, 0) is 4.79 Å². The Morgan fingerprint density at radius 2 is 2.00 bits per heavy atom. The quantitative estimate of drug-likeness (QED) is 0.627. The molecule has 1 atom stereocenters. The van der Waals surface area contributed by atoms with Crippen molar-refractivity contribution < 1.29 is 9.59 Å². The number of para-hydroxylation sites is 1. The summed E-state index contributed by atoms with van der Waals surface area (Å²) in [4.78, 5) is 33.7. The summed E-state index contributed by atoms with van der Waals surface area (Å²) < 4.78 is 0. The highest BCUT2D eigenvalue weighted by molar-refractivity contribution is 6.16. The van der Waals surface area contributed by atoms with Crippen LogP contribution in [-0.4, -0.2) is 21.5 Å². The van der Waals surface area contributed by atoms with Gasteiger partial charge < -0.3 is 0 Å². The molecule has 1 saturated carbocycles. The monoisotopic (exact) mass is 282 g/mol. The van der Waals surface area contributed by atoms with Crippen LogP contribution in [0.2, 0.25) is 0 Å². The van der Waals surface area contributed by atoms with Crippen molar-refractivity contribution in [2.45, 2.75) is 33.1 Å². The highest BCUT2D eigenvalue weighted by Gasteiger charge is 2.41. The fourth-order valence-corrected chi connectivity index (χ4v) is 3.09. The molecule has 1 aliphatic rings. The summed E-state index contributed by atoms with van der Waals surface area (Å²) in [5.74, 6) is -0.681. The number of rotatable bonds is 2. The Labute approximate surface area is 123 Å². The molecule has 0 aliphatic heterocycles. The van der Waals surface area contributed by atoms with Crippen molar-refractivity contribution in [2.75, 3.05) is 0 Å². The SMILES string of the molecule is CC1(C)CCCC(C(=O)c2ncnc3ccccc23)C1=O. The molecule has 0 amide bonds. The van der Waals surface area contributed by atoms with Crippen LogP contribution in [0.4, 0.5) is 0 Å². The largest absolute Gasteiger partial charge is 0.298 e. The lowest BCUT2D eigenvalue weighted by Crippen LogP contribution is -2.39. The first-order chi connectivity index (χ1) is 10.0. The second-order valence-corrected chi connectivity index (χ2v) is 6.30. The van der Waals surface area contributed by atoms with E-state index in [0.29, 0.717) is 12.1 Å². The van der Waals surface area contributed by atoms with Crippen LogP contribution in [0.1, 0.15) is 43.6 Å². The fraction of sp³-hybridized carbons (Fsp3) is 0.412. The minimum absolute atomic E-state index is 0.0430. The van der Waals surface area contributed by atoms with E-state index < -0.39 is 11.3 Å². The van der Waals surface area contributed by atoms with Gasteiger partial charge in [-0.25, -0.2) is 9.97 Å². The third-order valence-corrected chi connectivity index (χ3v) is 4.37. The standard InChI is InChI=1S/C17H18N2O2/c1-17(2)9-5-7-12(16(17)21)15(20)14-11-6-3-4-8-13(11)18-10-19-14/h3-4,6,8,10,12H,5,7,9H2,1-2H3. The number of nitrogens with zero attached hydrogens (tertiary/aromatic N) is 2. The number of aromatic nitrogens is 2. The summed E-state index contributed by atoms with van der Waals surface area (Å²) in [7, 11) is 0.